The summed E-state index contributed by atoms with van der Waals surface area (Å²) in [5, 5.41) is 6.47. The molecule has 1 aliphatic heterocycles. The molecule has 0 radical (unpaired) electrons. The highest BCUT2D eigenvalue weighted by Gasteiger charge is 2.35. The Bertz CT molecular complexity index is 572. The van der Waals surface area contributed by atoms with Crippen LogP contribution in [0.3, 0.4) is 0 Å². The van der Waals surface area contributed by atoms with Crippen LogP contribution in [0.15, 0.2) is 12.1 Å². The molecule has 1 fully saturated rings. The number of halogens is 3. The molecule has 1 aliphatic rings. The van der Waals surface area contributed by atoms with E-state index in [1.807, 2.05) is 12.1 Å². The molecule has 1 atom stereocenters. The lowest BCUT2D eigenvalue weighted by atomic mass is 9.95. The number of nitrogens with zero attached hydrogens (tertiary/aromatic N) is 2. The van der Waals surface area contributed by atoms with Crippen LogP contribution in [-0.4, -0.2) is 41.5 Å². The van der Waals surface area contributed by atoms with Gasteiger partial charge in [-0.1, -0.05) is 20.8 Å². The molecule has 1 saturated heterocycles. The fourth-order valence-corrected chi connectivity index (χ4v) is 3.58. The van der Waals surface area contributed by atoms with Crippen LogP contribution >= 0.6 is 11.9 Å². The monoisotopic (exact) mass is 376 g/mol. The third-order valence-electron chi connectivity index (χ3n) is 4.00. The molecule has 0 bridgehead atoms. The first-order valence-corrected chi connectivity index (χ1v) is 9.28. The summed E-state index contributed by atoms with van der Waals surface area (Å²) in [6, 6.07) is 3.90. The van der Waals surface area contributed by atoms with Gasteiger partial charge in [-0.15, -0.1) is 0 Å². The Kier molecular flexibility index (Phi) is 6.48. The predicted octanol–water partition coefficient (Wildman–Crippen LogP) is 4.93. The highest BCUT2D eigenvalue weighted by atomic mass is 32.2. The van der Waals surface area contributed by atoms with Crippen LogP contribution in [0.1, 0.15) is 45.2 Å². The number of aromatic nitrogens is 1. The van der Waals surface area contributed by atoms with Crippen molar-refractivity contribution in [3.63, 3.8) is 0 Å². The first kappa shape index (κ1) is 20.2. The third-order valence-corrected chi connectivity index (χ3v) is 4.79. The highest BCUT2D eigenvalue weighted by Crippen LogP contribution is 2.38. The molecule has 0 saturated carbocycles. The molecule has 2 heterocycles. The van der Waals surface area contributed by atoms with Crippen LogP contribution in [0.25, 0.3) is 0 Å². The van der Waals surface area contributed by atoms with Crippen molar-refractivity contribution in [2.24, 2.45) is 5.41 Å². The lowest BCUT2D eigenvalue weighted by Crippen LogP contribution is -2.32. The van der Waals surface area contributed by atoms with Crippen molar-refractivity contribution in [1.82, 2.24) is 9.29 Å². The van der Waals surface area contributed by atoms with E-state index in [1.54, 1.807) is 7.05 Å². The summed E-state index contributed by atoms with van der Waals surface area (Å²) in [6.07, 6.45) is 1.61. The van der Waals surface area contributed by atoms with Crippen molar-refractivity contribution in [3.8, 4) is 0 Å². The fraction of sp³-hybridized carbons (Fsp3) is 0.706. The zero-order chi connectivity index (χ0) is 18.7. The van der Waals surface area contributed by atoms with E-state index in [0.29, 0.717) is 13.1 Å². The van der Waals surface area contributed by atoms with E-state index in [1.165, 1.54) is 4.31 Å². The molecule has 8 heteroatoms. The van der Waals surface area contributed by atoms with E-state index in [9.17, 15) is 13.2 Å². The zero-order valence-electron chi connectivity index (χ0n) is 15.2. The largest absolute Gasteiger partial charge is 0.456 e. The molecule has 0 amide bonds. The van der Waals surface area contributed by atoms with Gasteiger partial charge in [-0.3, -0.25) is 0 Å². The Morgan fingerprint density at radius 2 is 2.00 bits per heavy atom. The molecule has 25 heavy (non-hydrogen) atoms. The van der Waals surface area contributed by atoms with E-state index < -0.39 is 5.51 Å². The number of hydrogen-bond donors (Lipinski definition) is 2. The van der Waals surface area contributed by atoms with Crippen LogP contribution in [0.2, 0.25) is 0 Å². The van der Waals surface area contributed by atoms with Gasteiger partial charge in [-0.05, 0) is 30.4 Å². The summed E-state index contributed by atoms with van der Waals surface area (Å²) in [5.74, 6) is 0.759. The Labute approximate surface area is 152 Å². The third kappa shape index (κ3) is 6.58. The van der Waals surface area contributed by atoms with Crippen molar-refractivity contribution in [1.29, 1.82) is 0 Å². The van der Waals surface area contributed by atoms with Gasteiger partial charge in [0.05, 0.1) is 5.69 Å². The Morgan fingerprint density at radius 3 is 2.60 bits per heavy atom. The molecular weight excluding hydrogens is 349 g/mol. The maximum atomic E-state index is 12.6. The van der Waals surface area contributed by atoms with Gasteiger partial charge in [0.25, 0.3) is 0 Å². The van der Waals surface area contributed by atoms with E-state index in [4.69, 9.17) is 0 Å². The van der Waals surface area contributed by atoms with Gasteiger partial charge < -0.3 is 10.6 Å². The lowest BCUT2D eigenvalue weighted by Gasteiger charge is -2.32. The number of piperidine rings is 1. The topological polar surface area (TPSA) is 40.2 Å². The first-order valence-electron chi connectivity index (χ1n) is 8.51. The van der Waals surface area contributed by atoms with Crippen molar-refractivity contribution >= 4 is 23.5 Å². The standard InChI is InChI=1S/C17H27F3N4S/c1-16(2,3)11-22-14-8-7-13(23-15(14)21-4)12-6-5-9-24(10-12)25-17(18,19)20/h7-8,12,22H,5-6,9-11H2,1-4H3,(H,21,23). The average molecular weight is 376 g/mol. The van der Waals surface area contributed by atoms with Gasteiger partial charge in [-0.25, -0.2) is 9.29 Å². The van der Waals surface area contributed by atoms with Crippen LogP contribution < -0.4 is 10.6 Å². The van der Waals surface area contributed by atoms with Crippen LogP contribution in [0.4, 0.5) is 24.7 Å². The second-order valence-electron chi connectivity index (χ2n) is 7.56. The second-order valence-corrected chi connectivity index (χ2v) is 8.72. The molecule has 1 aromatic heterocycles. The summed E-state index contributed by atoms with van der Waals surface area (Å²) >= 11 is -0.0224. The van der Waals surface area contributed by atoms with E-state index >= 15 is 0 Å². The molecule has 2 N–H and O–H groups in total. The van der Waals surface area contributed by atoms with Crippen molar-refractivity contribution in [3.05, 3.63) is 17.8 Å². The SMILES string of the molecule is CNc1nc(C2CCCN(SC(F)(F)F)C2)ccc1NCC(C)(C)C. The summed E-state index contributed by atoms with van der Waals surface area (Å²) in [5.41, 5.74) is -2.33. The van der Waals surface area contributed by atoms with Crippen LogP contribution in [0, 0.1) is 5.41 Å². The summed E-state index contributed by atoms with van der Waals surface area (Å²) in [4.78, 5) is 4.66. The molecule has 1 aromatic rings. The Morgan fingerprint density at radius 1 is 1.28 bits per heavy atom. The summed E-state index contributed by atoms with van der Waals surface area (Å²) < 4.78 is 39.2. The molecule has 142 valence electrons. The van der Waals surface area contributed by atoms with Gasteiger partial charge >= 0.3 is 5.51 Å². The maximum Gasteiger partial charge on any atom is 0.456 e. The maximum absolute atomic E-state index is 12.6. The Balaban J connectivity index is 2.08. The minimum Gasteiger partial charge on any atom is -0.382 e. The quantitative estimate of drug-likeness (QED) is 0.713. The second kappa shape index (κ2) is 8.03. The summed E-state index contributed by atoms with van der Waals surface area (Å²) in [6.45, 7) is 8.09. The highest BCUT2D eigenvalue weighted by molar-refractivity contribution is 7.97. The van der Waals surface area contributed by atoms with Gasteiger partial charge in [0.1, 0.15) is 5.82 Å². The number of pyridine rings is 1. The number of anilines is 2. The molecule has 0 spiro atoms. The van der Waals surface area contributed by atoms with Gasteiger partial charge in [0.2, 0.25) is 0 Å². The first-order chi connectivity index (χ1) is 11.6. The molecule has 1 unspecified atom stereocenters. The number of hydrogen-bond acceptors (Lipinski definition) is 5. The van der Waals surface area contributed by atoms with E-state index in [0.717, 1.165) is 36.6 Å². The predicted molar refractivity (Wildman–Crippen MR) is 98.9 cm³/mol. The molecule has 0 aliphatic carbocycles. The molecule has 0 aromatic carbocycles. The zero-order valence-corrected chi connectivity index (χ0v) is 16.0. The smallest absolute Gasteiger partial charge is 0.382 e. The normalized spacial score (nSPS) is 19.7. The Hall–Kier alpha value is -1.15. The number of rotatable bonds is 5. The fourth-order valence-electron chi connectivity index (χ4n) is 2.81. The molecule has 4 nitrogen and oxygen atoms in total. The minimum atomic E-state index is -4.23. The minimum absolute atomic E-state index is 0.0207. The van der Waals surface area contributed by atoms with Crippen LogP contribution in [-0.2, 0) is 0 Å². The van der Waals surface area contributed by atoms with E-state index in [-0.39, 0.29) is 23.3 Å². The average Bonchev–Trinajstić information content (AvgIpc) is 2.50. The van der Waals surface area contributed by atoms with Crippen molar-refractivity contribution in [2.45, 2.75) is 45.0 Å². The number of nitrogens with one attached hydrogen (secondary N) is 2. The van der Waals surface area contributed by atoms with Crippen molar-refractivity contribution in [2.75, 3.05) is 37.3 Å². The van der Waals surface area contributed by atoms with Gasteiger partial charge in [-0.2, -0.15) is 13.2 Å². The van der Waals surface area contributed by atoms with Crippen molar-refractivity contribution < 1.29 is 13.2 Å². The van der Waals surface area contributed by atoms with E-state index in [2.05, 4.69) is 36.4 Å². The lowest BCUT2D eigenvalue weighted by molar-refractivity contribution is -0.0366. The van der Waals surface area contributed by atoms with Crippen LogP contribution in [0.5, 0.6) is 0 Å². The number of alkyl halides is 3. The van der Waals surface area contributed by atoms with Gasteiger partial charge in [0.15, 0.2) is 0 Å². The molecular formula is C17H27F3N4S. The summed E-state index contributed by atoms with van der Waals surface area (Å²) in [7, 11) is 1.81. The van der Waals surface area contributed by atoms with Gasteiger partial charge in [0, 0.05) is 50.2 Å². The molecule has 2 rings (SSSR count).